The molecule has 2 saturated carbocycles. The standard InChI is InChI=1S/C10H17/c1-7-5-4-6-9-8(2)10(7,9)3/h7-8H,4-6H2,1-3H3. The van der Waals surface area contributed by atoms with Crippen molar-refractivity contribution in [2.75, 3.05) is 0 Å². The molecule has 0 aliphatic heterocycles. The summed E-state index contributed by atoms with van der Waals surface area (Å²) in [5.41, 5.74) is 0.679. The summed E-state index contributed by atoms with van der Waals surface area (Å²) in [5.74, 6) is 3.78. The summed E-state index contributed by atoms with van der Waals surface area (Å²) >= 11 is 0. The topological polar surface area (TPSA) is 0 Å². The van der Waals surface area contributed by atoms with Crippen LogP contribution in [0.5, 0.6) is 0 Å². The summed E-state index contributed by atoms with van der Waals surface area (Å²) in [4.78, 5) is 0. The second-order valence-electron chi connectivity index (χ2n) is 4.32. The van der Waals surface area contributed by atoms with Crippen molar-refractivity contribution in [3.63, 3.8) is 0 Å². The smallest absolute Gasteiger partial charge is 0.0143 e. The normalized spacial score (nSPS) is 54.3. The molecule has 0 heterocycles. The van der Waals surface area contributed by atoms with Gasteiger partial charge in [0.2, 0.25) is 0 Å². The highest BCUT2D eigenvalue weighted by atomic mass is 14.7. The van der Waals surface area contributed by atoms with Gasteiger partial charge in [0.25, 0.3) is 0 Å². The van der Waals surface area contributed by atoms with Gasteiger partial charge >= 0.3 is 0 Å². The molecule has 0 bridgehead atoms. The number of hydrogen-bond acceptors (Lipinski definition) is 0. The fourth-order valence-electron chi connectivity index (χ4n) is 2.87. The molecule has 2 fully saturated rings. The van der Waals surface area contributed by atoms with Gasteiger partial charge in [0.1, 0.15) is 0 Å². The van der Waals surface area contributed by atoms with E-state index in [4.69, 9.17) is 0 Å². The molecular weight excluding hydrogens is 120 g/mol. The molecule has 2 aliphatic rings. The minimum atomic E-state index is 0.679. The van der Waals surface area contributed by atoms with Crippen LogP contribution in [-0.2, 0) is 0 Å². The molecule has 0 saturated heterocycles. The van der Waals surface area contributed by atoms with Crippen LogP contribution in [0.15, 0.2) is 0 Å². The number of rotatable bonds is 0. The Hall–Kier alpha value is 0. The van der Waals surface area contributed by atoms with Crippen LogP contribution in [-0.4, -0.2) is 0 Å². The lowest BCUT2D eigenvalue weighted by atomic mass is 9.80. The lowest BCUT2D eigenvalue weighted by Crippen LogP contribution is -2.15. The molecule has 2 rings (SSSR count). The lowest BCUT2D eigenvalue weighted by Gasteiger charge is -2.25. The van der Waals surface area contributed by atoms with Crippen molar-refractivity contribution >= 4 is 0 Å². The predicted molar refractivity (Wildman–Crippen MR) is 43.5 cm³/mol. The van der Waals surface area contributed by atoms with E-state index in [9.17, 15) is 0 Å². The van der Waals surface area contributed by atoms with E-state index >= 15 is 0 Å². The van der Waals surface area contributed by atoms with E-state index in [2.05, 4.69) is 20.8 Å². The second-order valence-corrected chi connectivity index (χ2v) is 4.32. The Bertz CT molecular complexity index is 142. The first-order valence-electron chi connectivity index (χ1n) is 4.53. The van der Waals surface area contributed by atoms with Gasteiger partial charge in [-0.2, -0.15) is 0 Å². The molecule has 0 heteroatoms. The Labute approximate surface area is 64.0 Å². The zero-order valence-electron chi connectivity index (χ0n) is 7.28. The molecule has 2 aliphatic carbocycles. The van der Waals surface area contributed by atoms with Crippen LogP contribution in [0.2, 0.25) is 0 Å². The largest absolute Gasteiger partial charge is 0.0620 e. The Morgan fingerprint density at radius 3 is 2.60 bits per heavy atom. The van der Waals surface area contributed by atoms with Gasteiger partial charge in [0.15, 0.2) is 0 Å². The molecule has 3 unspecified atom stereocenters. The van der Waals surface area contributed by atoms with Crippen LogP contribution >= 0.6 is 0 Å². The van der Waals surface area contributed by atoms with Crippen LogP contribution in [0.1, 0.15) is 40.0 Å². The van der Waals surface area contributed by atoms with Crippen LogP contribution in [0.4, 0.5) is 0 Å². The van der Waals surface area contributed by atoms with Crippen LogP contribution < -0.4 is 0 Å². The molecule has 10 heavy (non-hydrogen) atoms. The highest BCUT2D eigenvalue weighted by molar-refractivity contribution is 5.31. The van der Waals surface area contributed by atoms with Gasteiger partial charge in [-0.05, 0) is 29.6 Å². The van der Waals surface area contributed by atoms with Gasteiger partial charge in [-0.1, -0.05) is 33.6 Å². The quantitative estimate of drug-likeness (QED) is 0.481. The van der Waals surface area contributed by atoms with E-state index in [0.717, 1.165) is 11.8 Å². The van der Waals surface area contributed by atoms with E-state index < -0.39 is 0 Å². The summed E-state index contributed by atoms with van der Waals surface area (Å²) < 4.78 is 0. The summed E-state index contributed by atoms with van der Waals surface area (Å²) in [6, 6.07) is 0. The van der Waals surface area contributed by atoms with Crippen molar-refractivity contribution < 1.29 is 0 Å². The van der Waals surface area contributed by atoms with Gasteiger partial charge in [-0.15, -0.1) is 0 Å². The Balaban J connectivity index is 2.16. The van der Waals surface area contributed by atoms with Crippen molar-refractivity contribution in [1.29, 1.82) is 0 Å². The SMILES string of the molecule is CC1CCC[C]2C(C)C21C. The van der Waals surface area contributed by atoms with Crippen LogP contribution in [0.25, 0.3) is 0 Å². The lowest BCUT2D eigenvalue weighted by molar-refractivity contribution is 0.291. The third-order valence-corrected chi connectivity index (χ3v) is 4.14. The predicted octanol–water partition coefficient (Wildman–Crippen LogP) is 3.04. The highest BCUT2D eigenvalue weighted by Crippen LogP contribution is 2.69. The fourth-order valence-corrected chi connectivity index (χ4v) is 2.87. The molecule has 0 aromatic heterocycles. The van der Waals surface area contributed by atoms with Gasteiger partial charge in [-0.3, -0.25) is 0 Å². The third-order valence-electron chi connectivity index (χ3n) is 4.14. The summed E-state index contributed by atoms with van der Waals surface area (Å²) in [6.45, 7) is 7.27. The Kier molecular flexibility index (Phi) is 1.19. The molecule has 0 spiro atoms. The Morgan fingerprint density at radius 1 is 1.40 bits per heavy atom. The molecule has 57 valence electrons. The first-order chi connectivity index (χ1) is 4.67. The average Bonchev–Trinajstić information content (AvgIpc) is 2.42. The van der Waals surface area contributed by atoms with Gasteiger partial charge in [-0.25, -0.2) is 0 Å². The van der Waals surface area contributed by atoms with Crippen LogP contribution in [0, 0.1) is 23.2 Å². The highest BCUT2D eigenvalue weighted by Gasteiger charge is 2.62. The van der Waals surface area contributed by atoms with Gasteiger partial charge in [0, 0.05) is 0 Å². The monoisotopic (exact) mass is 137 g/mol. The van der Waals surface area contributed by atoms with Crippen molar-refractivity contribution in [2.24, 2.45) is 17.3 Å². The fraction of sp³-hybridized carbons (Fsp3) is 0.900. The Morgan fingerprint density at radius 2 is 2.10 bits per heavy atom. The summed E-state index contributed by atoms with van der Waals surface area (Å²) in [6.07, 6.45) is 4.35. The molecule has 0 N–H and O–H groups in total. The molecule has 1 radical (unpaired) electrons. The summed E-state index contributed by atoms with van der Waals surface area (Å²) in [5, 5.41) is 0. The van der Waals surface area contributed by atoms with E-state index in [1.807, 2.05) is 5.92 Å². The average molecular weight is 137 g/mol. The number of hydrogen-bond donors (Lipinski definition) is 0. The maximum absolute atomic E-state index is 2.46. The van der Waals surface area contributed by atoms with Crippen molar-refractivity contribution in [2.45, 2.75) is 40.0 Å². The first-order valence-corrected chi connectivity index (χ1v) is 4.53. The molecule has 0 aromatic carbocycles. The zero-order valence-corrected chi connectivity index (χ0v) is 7.28. The molecular formula is C10H17. The first kappa shape index (κ1) is 6.69. The van der Waals surface area contributed by atoms with Crippen molar-refractivity contribution in [1.82, 2.24) is 0 Å². The van der Waals surface area contributed by atoms with E-state index in [-0.39, 0.29) is 0 Å². The van der Waals surface area contributed by atoms with Crippen molar-refractivity contribution in [3.8, 4) is 0 Å². The second kappa shape index (κ2) is 1.78. The number of fused-ring (bicyclic) bond motifs is 1. The minimum absolute atomic E-state index is 0.679. The molecule has 0 amide bonds. The van der Waals surface area contributed by atoms with Crippen LogP contribution in [0.3, 0.4) is 0 Å². The zero-order chi connectivity index (χ0) is 7.35. The maximum Gasteiger partial charge on any atom is -0.0143 e. The molecule has 0 aromatic rings. The molecule has 3 atom stereocenters. The van der Waals surface area contributed by atoms with E-state index in [0.29, 0.717) is 5.41 Å². The molecule has 0 nitrogen and oxygen atoms in total. The minimum Gasteiger partial charge on any atom is -0.0620 e. The van der Waals surface area contributed by atoms with E-state index in [1.165, 1.54) is 19.3 Å². The third kappa shape index (κ3) is 0.580. The summed E-state index contributed by atoms with van der Waals surface area (Å²) in [7, 11) is 0. The van der Waals surface area contributed by atoms with E-state index in [1.54, 1.807) is 0 Å². The maximum atomic E-state index is 2.46. The van der Waals surface area contributed by atoms with Gasteiger partial charge < -0.3 is 0 Å². The van der Waals surface area contributed by atoms with Crippen molar-refractivity contribution in [3.05, 3.63) is 5.92 Å². The van der Waals surface area contributed by atoms with Gasteiger partial charge in [0.05, 0.1) is 0 Å².